The minimum absolute atomic E-state index is 0.963. The van der Waals surface area contributed by atoms with Crippen molar-refractivity contribution >= 4 is 5.69 Å². The van der Waals surface area contributed by atoms with Gasteiger partial charge in [0.1, 0.15) is 5.69 Å². The second-order valence-electron chi connectivity index (χ2n) is 4.77. The van der Waals surface area contributed by atoms with E-state index in [-0.39, 0.29) is 0 Å². The van der Waals surface area contributed by atoms with E-state index in [9.17, 15) is 0 Å². The maximum Gasteiger partial charge on any atom is 0.115 e. The van der Waals surface area contributed by atoms with Crippen molar-refractivity contribution in [3.05, 3.63) is 60.3 Å². The Balaban J connectivity index is 1.97. The largest absolute Gasteiger partial charge is 0.385 e. The van der Waals surface area contributed by atoms with E-state index in [1.807, 2.05) is 20.0 Å². The number of aromatic amines is 1. The van der Waals surface area contributed by atoms with E-state index in [2.05, 4.69) is 64.0 Å². The van der Waals surface area contributed by atoms with Gasteiger partial charge in [0.15, 0.2) is 0 Å². The van der Waals surface area contributed by atoms with Crippen molar-refractivity contribution in [1.29, 1.82) is 0 Å². The molecule has 0 bridgehead atoms. The molecule has 1 heterocycles. The van der Waals surface area contributed by atoms with Crippen LogP contribution in [-0.4, -0.2) is 17.2 Å². The lowest BCUT2D eigenvalue weighted by Gasteiger charge is -2.05. The van der Waals surface area contributed by atoms with Gasteiger partial charge in [0, 0.05) is 12.6 Å². The van der Waals surface area contributed by atoms with Crippen LogP contribution in [0.3, 0.4) is 0 Å². The van der Waals surface area contributed by atoms with Crippen LogP contribution in [0.2, 0.25) is 0 Å². The van der Waals surface area contributed by atoms with Crippen LogP contribution in [-0.2, 0) is 0 Å². The Labute approximate surface area is 118 Å². The molecular weight excluding hydrogens is 246 g/mol. The molecule has 0 aliphatic rings. The average molecular weight is 263 g/mol. The zero-order valence-corrected chi connectivity index (χ0v) is 11.6. The Hall–Kier alpha value is -2.55. The lowest BCUT2D eigenvalue weighted by Crippen LogP contribution is -1.91. The normalized spacial score (nSPS) is 10.5. The van der Waals surface area contributed by atoms with E-state index in [0.29, 0.717) is 0 Å². The van der Waals surface area contributed by atoms with Crippen LogP contribution in [0.5, 0.6) is 0 Å². The molecule has 0 radical (unpaired) electrons. The number of hydrogen-bond donors (Lipinski definition) is 2. The Kier molecular flexibility index (Phi) is 3.25. The number of nitrogens with one attached hydrogen (secondary N) is 2. The number of rotatable bonds is 3. The summed E-state index contributed by atoms with van der Waals surface area (Å²) in [7, 11) is 1.92. The fourth-order valence-corrected chi connectivity index (χ4v) is 2.40. The molecule has 100 valence electrons. The summed E-state index contributed by atoms with van der Waals surface area (Å²) in [5, 5.41) is 10.6. The third kappa shape index (κ3) is 2.18. The van der Waals surface area contributed by atoms with Gasteiger partial charge in [-0.25, -0.2) is 0 Å². The zero-order valence-electron chi connectivity index (χ0n) is 11.6. The van der Waals surface area contributed by atoms with Gasteiger partial charge in [0.25, 0.3) is 0 Å². The molecule has 0 saturated heterocycles. The molecule has 3 aromatic rings. The van der Waals surface area contributed by atoms with Gasteiger partial charge >= 0.3 is 0 Å². The van der Waals surface area contributed by atoms with Gasteiger partial charge in [-0.05, 0) is 18.1 Å². The molecule has 3 nitrogen and oxygen atoms in total. The van der Waals surface area contributed by atoms with Crippen LogP contribution in [0, 0.1) is 6.92 Å². The van der Waals surface area contributed by atoms with Crippen molar-refractivity contribution in [2.45, 2.75) is 6.92 Å². The predicted octanol–water partition coefficient (Wildman–Crippen LogP) is 4.09. The molecule has 0 aliphatic carbocycles. The lowest BCUT2D eigenvalue weighted by atomic mass is 10.0. The van der Waals surface area contributed by atoms with E-state index in [1.54, 1.807) is 0 Å². The Morgan fingerprint density at radius 1 is 0.850 bits per heavy atom. The van der Waals surface area contributed by atoms with Crippen molar-refractivity contribution in [3.63, 3.8) is 0 Å². The van der Waals surface area contributed by atoms with Crippen LogP contribution in [0.4, 0.5) is 5.69 Å². The SMILES string of the molecule is CNc1c(-c2ccc(-c3ccccc3)cc2)n[nH]c1C. The number of aryl methyl sites for hydroxylation is 1. The molecule has 0 saturated carbocycles. The minimum Gasteiger partial charge on any atom is -0.385 e. The quantitative estimate of drug-likeness (QED) is 0.747. The fraction of sp³-hybridized carbons (Fsp3) is 0.118. The number of benzene rings is 2. The number of H-pyrrole nitrogens is 1. The number of hydrogen-bond acceptors (Lipinski definition) is 2. The Bertz CT molecular complexity index is 697. The van der Waals surface area contributed by atoms with Crippen LogP contribution in [0.25, 0.3) is 22.4 Å². The first-order valence-corrected chi connectivity index (χ1v) is 6.68. The van der Waals surface area contributed by atoms with Crippen molar-refractivity contribution in [2.24, 2.45) is 0 Å². The van der Waals surface area contributed by atoms with Gasteiger partial charge in [-0.2, -0.15) is 5.10 Å². The second kappa shape index (κ2) is 5.21. The van der Waals surface area contributed by atoms with Crippen LogP contribution in [0.15, 0.2) is 54.6 Å². The van der Waals surface area contributed by atoms with Crippen LogP contribution < -0.4 is 5.32 Å². The number of aromatic nitrogens is 2. The lowest BCUT2D eigenvalue weighted by molar-refractivity contribution is 1.05. The molecule has 3 heteroatoms. The minimum atomic E-state index is 0.963. The number of anilines is 1. The third-order valence-corrected chi connectivity index (χ3v) is 3.46. The van der Waals surface area contributed by atoms with E-state index in [4.69, 9.17) is 0 Å². The summed E-state index contributed by atoms with van der Waals surface area (Å²) in [4.78, 5) is 0. The second-order valence-corrected chi connectivity index (χ2v) is 4.77. The zero-order chi connectivity index (χ0) is 13.9. The molecule has 20 heavy (non-hydrogen) atoms. The molecule has 0 aliphatic heterocycles. The third-order valence-electron chi connectivity index (χ3n) is 3.46. The van der Waals surface area contributed by atoms with E-state index in [0.717, 1.165) is 22.6 Å². The molecule has 0 atom stereocenters. The predicted molar refractivity (Wildman–Crippen MR) is 83.7 cm³/mol. The molecule has 2 N–H and O–H groups in total. The molecule has 0 spiro atoms. The fourth-order valence-electron chi connectivity index (χ4n) is 2.40. The Morgan fingerprint density at radius 2 is 1.45 bits per heavy atom. The highest BCUT2D eigenvalue weighted by atomic mass is 15.1. The average Bonchev–Trinajstić information content (AvgIpc) is 2.89. The first kappa shape index (κ1) is 12.5. The van der Waals surface area contributed by atoms with E-state index in [1.165, 1.54) is 11.1 Å². The Morgan fingerprint density at radius 3 is 2.10 bits per heavy atom. The summed E-state index contributed by atoms with van der Waals surface area (Å²) < 4.78 is 0. The summed E-state index contributed by atoms with van der Waals surface area (Å²) in [5.41, 5.74) is 6.62. The van der Waals surface area contributed by atoms with Crippen molar-refractivity contribution in [3.8, 4) is 22.4 Å². The van der Waals surface area contributed by atoms with E-state index < -0.39 is 0 Å². The molecule has 0 unspecified atom stereocenters. The first-order chi connectivity index (χ1) is 9.79. The van der Waals surface area contributed by atoms with Crippen molar-refractivity contribution < 1.29 is 0 Å². The van der Waals surface area contributed by atoms with Gasteiger partial charge in [0.05, 0.1) is 11.4 Å². The monoisotopic (exact) mass is 263 g/mol. The van der Waals surface area contributed by atoms with Gasteiger partial charge in [-0.1, -0.05) is 54.6 Å². The molecule has 2 aromatic carbocycles. The topological polar surface area (TPSA) is 40.7 Å². The molecule has 3 rings (SSSR count). The summed E-state index contributed by atoms with van der Waals surface area (Å²) in [5.74, 6) is 0. The van der Waals surface area contributed by atoms with Gasteiger partial charge in [-0.15, -0.1) is 0 Å². The van der Waals surface area contributed by atoms with E-state index >= 15 is 0 Å². The number of nitrogens with zero attached hydrogens (tertiary/aromatic N) is 1. The smallest absolute Gasteiger partial charge is 0.115 e. The highest BCUT2D eigenvalue weighted by molar-refractivity contribution is 5.77. The summed E-state index contributed by atoms with van der Waals surface area (Å²) in [6, 6.07) is 18.9. The summed E-state index contributed by atoms with van der Waals surface area (Å²) in [6.07, 6.45) is 0. The molecule has 1 aromatic heterocycles. The summed E-state index contributed by atoms with van der Waals surface area (Å²) in [6.45, 7) is 2.01. The highest BCUT2D eigenvalue weighted by Gasteiger charge is 2.10. The first-order valence-electron chi connectivity index (χ1n) is 6.68. The molecule has 0 amide bonds. The van der Waals surface area contributed by atoms with Crippen molar-refractivity contribution in [1.82, 2.24) is 10.2 Å². The maximum atomic E-state index is 4.37. The summed E-state index contributed by atoms with van der Waals surface area (Å²) >= 11 is 0. The standard InChI is InChI=1S/C17H17N3/c1-12-16(18-2)17(20-19-12)15-10-8-14(9-11-15)13-6-4-3-5-7-13/h3-11,18H,1-2H3,(H,19,20). The highest BCUT2D eigenvalue weighted by Crippen LogP contribution is 2.29. The van der Waals surface area contributed by atoms with Gasteiger partial charge < -0.3 is 5.32 Å². The van der Waals surface area contributed by atoms with Crippen LogP contribution >= 0.6 is 0 Å². The van der Waals surface area contributed by atoms with Crippen molar-refractivity contribution in [2.75, 3.05) is 12.4 Å². The molecule has 0 fully saturated rings. The van der Waals surface area contributed by atoms with Crippen LogP contribution in [0.1, 0.15) is 5.69 Å². The van der Waals surface area contributed by atoms with Gasteiger partial charge in [-0.3, -0.25) is 5.10 Å². The molecular formula is C17H17N3. The maximum absolute atomic E-state index is 4.37. The van der Waals surface area contributed by atoms with Gasteiger partial charge in [0.2, 0.25) is 0 Å².